The van der Waals surface area contributed by atoms with Crippen LogP contribution < -0.4 is 0 Å². The first-order valence-corrected chi connectivity index (χ1v) is 6.30. The Kier molecular flexibility index (Phi) is 3.38. The van der Waals surface area contributed by atoms with Gasteiger partial charge in [-0.1, -0.05) is 30.3 Å². The minimum absolute atomic E-state index is 0.0586. The second kappa shape index (κ2) is 4.74. The van der Waals surface area contributed by atoms with Crippen molar-refractivity contribution in [2.75, 3.05) is 0 Å². The number of rotatable bonds is 3. The molecule has 1 fully saturated rings. The topological polar surface area (TPSA) is 69.7 Å². The molecule has 1 heterocycles. The van der Waals surface area contributed by atoms with Gasteiger partial charge in [0.1, 0.15) is 0 Å². The fraction of sp³-hybridized carbons (Fsp3) is 0.400. The van der Waals surface area contributed by atoms with Crippen molar-refractivity contribution in [1.29, 1.82) is 0 Å². The Bertz CT molecular complexity index is 539. The van der Waals surface area contributed by atoms with Crippen LogP contribution in [-0.2, 0) is 30.3 Å². The Hall–Kier alpha value is -2.17. The maximum Gasteiger partial charge on any atom is 0.334 e. The SMILES string of the molecule is CC(=O)C1(Cc2ccccc2)C(=O)OC(C)(C)OC1=O. The molecular formula is C15H16O5. The molecule has 1 aromatic rings. The van der Waals surface area contributed by atoms with E-state index in [2.05, 4.69) is 0 Å². The van der Waals surface area contributed by atoms with Gasteiger partial charge in [-0.15, -0.1) is 0 Å². The second-order valence-electron chi connectivity index (χ2n) is 5.30. The van der Waals surface area contributed by atoms with Crippen molar-refractivity contribution in [2.45, 2.75) is 33.0 Å². The molecule has 0 N–H and O–H groups in total. The van der Waals surface area contributed by atoms with Gasteiger partial charge in [0.15, 0.2) is 5.78 Å². The number of esters is 2. The number of benzene rings is 1. The highest BCUT2D eigenvalue weighted by Crippen LogP contribution is 2.36. The largest absolute Gasteiger partial charge is 0.422 e. The van der Waals surface area contributed by atoms with E-state index in [0.29, 0.717) is 5.56 Å². The summed E-state index contributed by atoms with van der Waals surface area (Å²) in [5.74, 6) is -3.62. The van der Waals surface area contributed by atoms with Crippen molar-refractivity contribution < 1.29 is 23.9 Å². The van der Waals surface area contributed by atoms with Gasteiger partial charge in [-0.25, -0.2) is 0 Å². The maximum absolute atomic E-state index is 12.2. The van der Waals surface area contributed by atoms with Crippen LogP contribution in [0.5, 0.6) is 0 Å². The number of ketones is 1. The molecule has 0 aromatic heterocycles. The summed E-state index contributed by atoms with van der Waals surface area (Å²) in [4.78, 5) is 36.4. The van der Waals surface area contributed by atoms with E-state index in [0.717, 1.165) is 0 Å². The molecule has 1 aliphatic rings. The molecule has 5 nitrogen and oxygen atoms in total. The molecule has 0 aliphatic carbocycles. The van der Waals surface area contributed by atoms with Crippen LogP contribution in [0.3, 0.4) is 0 Å². The first kappa shape index (κ1) is 14.2. The summed E-state index contributed by atoms with van der Waals surface area (Å²) < 4.78 is 10.2. The average Bonchev–Trinajstić information content (AvgIpc) is 2.33. The van der Waals surface area contributed by atoms with Crippen LogP contribution in [0.2, 0.25) is 0 Å². The predicted octanol–water partition coefficient (Wildman–Crippen LogP) is 1.64. The fourth-order valence-corrected chi connectivity index (χ4v) is 2.18. The third-order valence-electron chi connectivity index (χ3n) is 3.29. The number of cyclic esters (lactones) is 2. The van der Waals surface area contributed by atoms with Gasteiger partial charge in [0.2, 0.25) is 5.41 Å². The first-order valence-electron chi connectivity index (χ1n) is 6.30. The van der Waals surface area contributed by atoms with Crippen LogP contribution in [0.1, 0.15) is 26.3 Å². The molecule has 106 valence electrons. The van der Waals surface area contributed by atoms with Gasteiger partial charge in [0, 0.05) is 20.3 Å². The van der Waals surface area contributed by atoms with E-state index in [1.165, 1.54) is 20.8 Å². The van der Waals surface area contributed by atoms with Crippen LogP contribution in [0.15, 0.2) is 30.3 Å². The highest BCUT2D eigenvalue weighted by Gasteiger charge is 2.59. The summed E-state index contributed by atoms with van der Waals surface area (Å²) in [6.07, 6.45) is -0.0586. The molecule has 0 radical (unpaired) electrons. The standard InChI is InChI=1S/C15H16O5/c1-10(16)15(9-11-7-5-4-6-8-11)12(17)19-14(2,3)20-13(15)18/h4-8H,9H2,1-3H3. The average molecular weight is 276 g/mol. The van der Waals surface area contributed by atoms with E-state index in [9.17, 15) is 14.4 Å². The van der Waals surface area contributed by atoms with Crippen molar-refractivity contribution in [2.24, 2.45) is 5.41 Å². The summed E-state index contributed by atoms with van der Waals surface area (Å²) in [5.41, 5.74) is -1.21. The predicted molar refractivity (Wildman–Crippen MR) is 69.5 cm³/mol. The van der Waals surface area contributed by atoms with Crippen LogP contribution in [0.4, 0.5) is 0 Å². The molecule has 20 heavy (non-hydrogen) atoms. The zero-order valence-electron chi connectivity index (χ0n) is 11.6. The molecule has 0 unspecified atom stereocenters. The quantitative estimate of drug-likeness (QED) is 0.620. The van der Waals surface area contributed by atoms with Crippen molar-refractivity contribution >= 4 is 17.7 Å². The van der Waals surface area contributed by atoms with Crippen molar-refractivity contribution in [3.05, 3.63) is 35.9 Å². The lowest BCUT2D eigenvalue weighted by atomic mass is 9.77. The van der Waals surface area contributed by atoms with Crippen LogP contribution in [0, 0.1) is 5.41 Å². The Morgan fingerprint density at radius 1 is 1.05 bits per heavy atom. The number of ether oxygens (including phenoxy) is 2. The smallest absolute Gasteiger partial charge is 0.334 e. The Balaban J connectivity index is 2.43. The molecule has 0 spiro atoms. The zero-order valence-corrected chi connectivity index (χ0v) is 11.6. The highest BCUT2D eigenvalue weighted by molar-refractivity contribution is 6.20. The lowest BCUT2D eigenvalue weighted by molar-refractivity contribution is -0.248. The van der Waals surface area contributed by atoms with E-state index >= 15 is 0 Å². The molecular weight excluding hydrogens is 260 g/mol. The van der Waals surface area contributed by atoms with Crippen molar-refractivity contribution in [3.63, 3.8) is 0 Å². The van der Waals surface area contributed by atoms with Crippen LogP contribution in [-0.4, -0.2) is 23.5 Å². The number of Topliss-reactive ketones (excluding diaryl/α,β-unsaturated/α-hetero) is 1. The maximum atomic E-state index is 12.2. The fourth-order valence-electron chi connectivity index (χ4n) is 2.18. The second-order valence-corrected chi connectivity index (χ2v) is 5.30. The van der Waals surface area contributed by atoms with Gasteiger partial charge in [-0.2, -0.15) is 0 Å². The number of carbonyl (C=O) groups is 3. The Morgan fingerprint density at radius 3 is 2.00 bits per heavy atom. The lowest BCUT2D eigenvalue weighted by Gasteiger charge is -2.38. The van der Waals surface area contributed by atoms with Crippen LogP contribution in [0.25, 0.3) is 0 Å². The number of carbonyl (C=O) groups excluding carboxylic acids is 3. The minimum Gasteiger partial charge on any atom is -0.422 e. The Morgan fingerprint density at radius 2 is 1.55 bits per heavy atom. The molecule has 1 aromatic carbocycles. The monoisotopic (exact) mass is 276 g/mol. The van der Waals surface area contributed by atoms with Gasteiger partial charge in [-0.05, 0) is 12.5 Å². The molecule has 5 heteroatoms. The van der Waals surface area contributed by atoms with E-state index in [4.69, 9.17) is 9.47 Å². The Labute approximate surface area is 116 Å². The van der Waals surface area contributed by atoms with E-state index in [1.54, 1.807) is 24.3 Å². The summed E-state index contributed by atoms with van der Waals surface area (Å²) >= 11 is 0. The van der Waals surface area contributed by atoms with Crippen LogP contribution >= 0.6 is 0 Å². The highest BCUT2D eigenvalue weighted by atomic mass is 16.7. The van der Waals surface area contributed by atoms with Crippen molar-refractivity contribution in [1.82, 2.24) is 0 Å². The molecule has 0 amide bonds. The molecule has 2 rings (SSSR count). The third kappa shape index (κ3) is 2.31. The van der Waals surface area contributed by atoms with E-state index < -0.39 is 28.9 Å². The van der Waals surface area contributed by atoms with E-state index in [-0.39, 0.29) is 6.42 Å². The van der Waals surface area contributed by atoms with Crippen molar-refractivity contribution in [3.8, 4) is 0 Å². The molecule has 0 bridgehead atoms. The summed E-state index contributed by atoms with van der Waals surface area (Å²) in [7, 11) is 0. The zero-order chi connectivity index (χ0) is 15.0. The molecule has 1 saturated heterocycles. The van der Waals surface area contributed by atoms with Gasteiger partial charge in [0.05, 0.1) is 0 Å². The molecule has 0 atom stereocenters. The number of hydrogen-bond acceptors (Lipinski definition) is 5. The van der Waals surface area contributed by atoms with Gasteiger partial charge >= 0.3 is 11.9 Å². The van der Waals surface area contributed by atoms with Gasteiger partial charge in [0.25, 0.3) is 5.79 Å². The normalized spacial score (nSPS) is 19.9. The van der Waals surface area contributed by atoms with E-state index in [1.807, 2.05) is 6.07 Å². The van der Waals surface area contributed by atoms with Gasteiger partial charge in [-0.3, -0.25) is 14.4 Å². The molecule has 1 aliphatic heterocycles. The minimum atomic E-state index is -1.91. The molecule has 0 saturated carbocycles. The van der Waals surface area contributed by atoms with Gasteiger partial charge < -0.3 is 9.47 Å². The summed E-state index contributed by atoms with van der Waals surface area (Å²) in [6.45, 7) is 4.11. The third-order valence-corrected chi connectivity index (χ3v) is 3.29. The summed E-state index contributed by atoms with van der Waals surface area (Å²) in [6, 6.07) is 8.83. The summed E-state index contributed by atoms with van der Waals surface area (Å²) in [5, 5.41) is 0. The number of hydrogen-bond donors (Lipinski definition) is 0. The lowest BCUT2D eigenvalue weighted by Crippen LogP contribution is -2.58. The first-order chi connectivity index (χ1) is 9.28.